The van der Waals surface area contributed by atoms with E-state index in [9.17, 15) is 19.2 Å². The van der Waals surface area contributed by atoms with Gasteiger partial charge in [0.2, 0.25) is 12.6 Å². The Bertz CT molecular complexity index is 2000. The van der Waals surface area contributed by atoms with Gasteiger partial charge in [0.25, 0.3) is 0 Å². The number of carbonyl (C=O) groups is 4. The van der Waals surface area contributed by atoms with Crippen molar-refractivity contribution in [3.63, 3.8) is 0 Å². The first kappa shape index (κ1) is 54.6. The van der Waals surface area contributed by atoms with Gasteiger partial charge in [-0.3, -0.25) is 0 Å². The number of unbranched alkanes of at least 4 members (excludes halogenated alkanes) is 12. The van der Waals surface area contributed by atoms with E-state index in [4.69, 9.17) is 47.4 Å². The highest BCUT2D eigenvalue weighted by atomic mass is 16.8. The maximum Gasteiger partial charge on any atom is 0.343 e. The summed E-state index contributed by atoms with van der Waals surface area (Å²) in [5.41, 5.74) is 2.49. The average Bonchev–Trinajstić information content (AvgIpc) is 3.39. The molecule has 1 aliphatic heterocycles. The number of hydrogen-bond donors (Lipinski definition) is 0. The van der Waals surface area contributed by atoms with Gasteiger partial charge in [-0.2, -0.15) is 0 Å². The largest absolute Gasteiger partial charge is 0.494 e. The smallest absolute Gasteiger partial charge is 0.343 e. The third-order valence-electron chi connectivity index (χ3n) is 11.1. The van der Waals surface area contributed by atoms with E-state index < -0.39 is 24.5 Å². The van der Waals surface area contributed by atoms with Crippen LogP contribution in [0.1, 0.15) is 122 Å². The molecule has 0 aromatic heterocycles. The first-order valence-corrected chi connectivity index (χ1v) is 24.4. The average molecular weight is 965 g/mol. The predicted molar refractivity (Wildman–Crippen MR) is 263 cm³/mol. The van der Waals surface area contributed by atoms with Crippen molar-refractivity contribution in [2.24, 2.45) is 0 Å². The van der Waals surface area contributed by atoms with Crippen LogP contribution in [0.3, 0.4) is 0 Å². The van der Waals surface area contributed by atoms with E-state index in [1.807, 2.05) is 24.3 Å². The normalized spacial score (nSPS) is 14.2. The third-order valence-corrected chi connectivity index (χ3v) is 11.1. The molecule has 1 saturated heterocycles. The fraction of sp³-hybridized carbons (Fsp3) is 0.429. The summed E-state index contributed by atoms with van der Waals surface area (Å²) in [7, 11) is 0. The number of esters is 4. The van der Waals surface area contributed by atoms with Crippen LogP contribution in [-0.4, -0.2) is 76.1 Å². The zero-order valence-corrected chi connectivity index (χ0v) is 40.2. The molecule has 0 bridgehead atoms. The SMILES string of the molecule is C=CC(=O)OCCCCCCCCCOc1ccc(C(=O)Oc2ccc(COC3OCCOC3OCc3ccc(OC(=O)c4ccc(OCCCCCCCCCOC(=O)C=C)cc4)cc3)cc2)cc1. The molecule has 2 unspecified atom stereocenters. The zero-order valence-electron chi connectivity index (χ0n) is 40.2. The highest BCUT2D eigenvalue weighted by molar-refractivity contribution is 5.91. The molecule has 0 radical (unpaired) electrons. The second kappa shape index (κ2) is 32.5. The van der Waals surface area contributed by atoms with Gasteiger partial charge >= 0.3 is 23.9 Å². The number of carbonyl (C=O) groups excluding carboxylic acids is 4. The molecule has 14 nitrogen and oxygen atoms in total. The van der Waals surface area contributed by atoms with Crippen LogP contribution in [0.5, 0.6) is 23.0 Å². The minimum absolute atomic E-state index is 0.206. The molecule has 0 aliphatic carbocycles. The molecule has 1 fully saturated rings. The molecule has 5 rings (SSSR count). The van der Waals surface area contributed by atoms with Crippen molar-refractivity contribution in [2.45, 2.75) is 116 Å². The molecule has 1 aliphatic rings. The molecule has 0 N–H and O–H groups in total. The fourth-order valence-corrected chi connectivity index (χ4v) is 7.13. The van der Waals surface area contributed by atoms with E-state index in [0.717, 1.165) is 101 Å². The van der Waals surface area contributed by atoms with Crippen molar-refractivity contribution in [3.8, 4) is 23.0 Å². The zero-order chi connectivity index (χ0) is 49.4. The molecule has 14 heteroatoms. The van der Waals surface area contributed by atoms with E-state index in [0.29, 0.717) is 73.8 Å². The van der Waals surface area contributed by atoms with Gasteiger partial charge in [0.15, 0.2) is 0 Å². The molecule has 0 spiro atoms. The van der Waals surface area contributed by atoms with Gasteiger partial charge in [-0.05, 0) is 110 Å². The molecular weight excluding hydrogens is 897 g/mol. The lowest BCUT2D eigenvalue weighted by Crippen LogP contribution is -2.41. The molecule has 4 aromatic rings. The van der Waals surface area contributed by atoms with Crippen molar-refractivity contribution >= 4 is 23.9 Å². The Morgan fingerprint density at radius 1 is 0.429 bits per heavy atom. The Balaban J connectivity index is 0.918. The lowest BCUT2D eigenvalue weighted by Gasteiger charge is -2.31. The summed E-state index contributed by atoms with van der Waals surface area (Å²) in [6.07, 6.45) is 15.4. The minimum atomic E-state index is -0.769. The number of ether oxygens (including phenoxy) is 10. The molecule has 1 heterocycles. The predicted octanol–water partition coefficient (Wildman–Crippen LogP) is 11.2. The summed E-state index contributed by atoms with van der Waals surface area (Å²) < 4.78 is 56.6. The van der Waals surface area contributed by atoms with Gasteiger partial charge in [-0.25, -0.2) is 19.2 Å². The fourth-order valence-electron chi connectivity index (χ4n) is 7.13. The van der Waals surface area contributed by atoms with Crippen LogP contribution in [-0.2, 0) is 51.2 Å². The minimum Gasteiger partial charge on any atom is -0.494 e. The van der Waals surface area contributed by atoms with Crippen LogP contribution in [0.25, 0.3) is 0 Å². The van der Waals surface area contributed by atoms with Gasteiger partial charge in [0.1, 0.15) is 23.0 Å². The Morgan fingerprint density at radius 2 is 0.743 bits per heavy atom. The van der Waals surface area contributed by atoms with Gasteiger partial charge in [-0.1, -0.05) is 102 Å². The lowest BCUT2D eigenvalue weighted by molar-refractivity contribution is -0.326. The van der Waals surface area contributed by atoms with Crippen LogP contribution >= 0.6 is 0 Å². The van der Waals surface area contributed by atoms with Crippen LogP contribution in [0.15, 0.2) is 122 Å². The molecule has 70 heavy (non-hydrogen) atoms. The second-order valence-corrected chi connectivity index (χ2v) is 16.6. The number of benzene rings is 4. The van der Waals surface area contributed by atoms with Gasteiger partial charge in [-0.15, -0.1) is 0 Å². The van der Waals surface area contributed by atoms with Gasteiger partial charge < -0.3 is 47.4 Å². The summed E-state index contributed by atoms with van der Waals surface area (Å²) >= 11 is 0. The topological polar surface area (TPSA) is 161 Å². The maximum atomic E-state index is 12.8. The quantitative estimate of drug-likeness (QED) is 0.0188. The van der Waals surface area contributed by atoms with Crippen molar-refractivity contribution in [3.05, 3.63) is 145 Å². The van der Waals surface area contributed by atoms with Crippen LogP contribution < -0.4 is 18.9 Å². The molecular formula is C56H68O14. The molecule has 376 valence electrons. The highest BCUT2D eigenvalue weighted by Gasteiger charge is 2.29. The standard InChI is InChI=1S/C56H68O14/c1-3-51(57)63-37-17-13-9-5-7-11-15-35-61-47-31-23-45(24-32-47)53(59)69-49-27-19-43(20-28-49)41-67-55-56(66-40-39-65-55)68-42-44-21-29-50(30-22-44)70-54(60)46-25-33-48(34-26-46)62-36-16-12-8-6-10-14-18-38-64-52(58)4-2/h3-4,19-34,55-56H,1-2,5-18,35-42H2. The van der Waals surface area contributed by atoms with Crippen LogP contribution in [0, 0.1) is 0 Å². The monoisotopic (exact) mass is 964 g/mol. The van der Waals surface area contributed by atoms with E-state index in [1.54, 1.807) is 72.8 Å². The van der Waals surface area contributed by atoms with Crippen LogP contribution in [0.4, 0.5) is 0 Å². The summed E-state index contributed by atoms with van der Waals surface area (Å²) in [4.78, 5) is 47.8. The Hall–Kier alpha value is -6.32. The Kier molecular flexibility index (Phi) is 25.3. The first-order valence-electron chi connectivity index (χ1n) is 24.4. The summed E-state index contributed by atoms with van der Waals surface area (Å²) in [6.45, 7) is 9.98. The third kappa shape index (κ3) is 21.5. The Labute approximate surface area is 412 Å². The van der Waals surface area contributed by atoms with Crippen LogP contribution in [0.2, 0.25) is 0 Å². The highest BCUT2D eigenvalue weighted by Crippen LogP contribution is 2.23. The Morgan fingerprint density at radius 3 is 1.09 bits per heavy atom. The van der Waals surface area contributed by atoms with Crippen molar-refractivity contribution in [1.29, 1.82) is 0 Å². The second-order valence-electron chi connectivity index (χ2n) is 16.6. The summed E-state index contributed by atoms with van der Waals surface area (Å²) in [5, 5.41) is 0. The first-order chi connectivity index (χ1) is 34.3. The van der Waals surface area contributed by atoms with Crippen molar-refractivity contribution in [2.75, 3.05) is 39.6 Å². The van der Waals surface area contributed by atoms with Gasteiger partial charge in [0, 0.05) is 12.2 Å². The molecule has 4 aromatic carbocycles. The van der Waals surface area contributed by atoms with E-state index in [2.05, 4.69) is 13.2 Å². The molecule has 2 atom stereocenters. The molecule has 0 amide bonds. The van der Waals surface area contributed by atoms with E-state index in [1.165, 1.54) is 12.2 Å². The van der Waals surface area contributed by atoms with E-state index in [-0.39, 0.29) is 25.2 Å². The van der Waals surface area contributed by atoms with Crippen molar-refractivity contribution < 1.29 is 66.5 Å². The summed E-state index contributed by atoms with van der Waals surface area (Å²) in [5.74, 6) is 0.492. The molecule has 0 saturated carbocycles. The summed E-state index contributed by atoms with van der Waals surface area (Å²) in [6, 6.07) is 27.9. The number of hydrogen-bond acceptors (Lipinski definition) is 14. The van der Waals surface area contributed by atoms with Crippen molar-refractivity contribution in [1.82, 2.24) is 0 Å². The van der Waals surface area contributed by atoms with Gasteiger partial charge in [0.05, 0.1) is 64.0 Å². The van der Waals surface area contributed by atoms with E-state index >= 15 is 0 Å². The lowest BCUT2D eigenvalue weighted by atomic mass is 10.1. The number of rotatable bonds is 34. The maximum absolute atomic E-state index is 12.8.